The molecule has 1 N–H and O–H groups in total. The van der Waals surface area contributed by atoms with Crippen molar-refractivity contribution < 1.29 is 14.3 Å². The Morgan fingerprint density at radius 1 is 0.971 bits per heavy atom. The van der Waals surface area contributed by atoms with Crippen molar-refractivity contribution in [2.75, 3.05) is 4.90 Å². The third-order valence-electron chi connectivity index (χ3n) is 4.94. The van der Waals surface area contributed by atoms with E-state index in [9.17, 15) is 9.59 Å². The number of rotatable bonds is 5. The molecule has 3 aromatic carbocycles. The van der Waals surface area contributed by atoms with Crippen LogP contribution >= 0.6 is 78.9 Å². The van der Waals surface area contributed by atoms with E-state index in [1.807, 2.05) is 18.2 Å². The number of amides is 2. The third kappa shape index (κ3) is 5.58. The Kier molecular flexibility index (Phi) is 8.20. The molecule has 5 nitrogen and oxygen atoms in total. The Morgan fingerprint density at radius 2 is 1.63 bits per heavy atom. The number of halogens is 5. The summed E-state index contributed by atoms with van der Waals surface area (Å²) in [6, 6.07) is 15.6. The number of nitrogens with one attached hydrogen (secondary N) is 1. The number of anilines is 1. The molecule has 1 fully saturated rings. The maximum atomic E-state index is 13.3. The minimum atomic E-state index is -0.630. The Hall–Kier alpha value is -1.94. The van der Waals surface area contributed by atoms with Gasteiger partial charge in [-0.25, -0.2) is 0 Å². The van der Waals surface area contributed by atoms with Gasteiger partial charge < -0.3 is 4.74 Å². The van der Waals surface area contributed by atoms with Crippen LogP contribution in [0.3, 0.4) is 0 Å². The Labute approximate surface area is 238 Å². The second-order valence-electron chi connectivity index (χ2n) is 7.22. The first-order valence-electron chi connectivity index (χ1n) is 9.88. The zero-order chi connectivity index (χ0) is 25.3. The summed E-state index contributed by atoms with van der Waals surface area (Å²) < 4.78 is 7.16. The first kappa shape index (κ1) is 26.1. The molecule has 0 radical (unpaired) electrons. The fourth-order valence-electron chi connectivity index (χ4n) is 3.27. The molecule has 1 saturated heterocycles. The quantitative estimate of drug-likeness (QED) is 0.172. The lowest BCUT2D eigenvalue weighted by Crippen LogP contribution is -2.54. The monoisotopic (exact) mass is 672 g/mol. The summed E-state index contributed by atoms with van der Waals surface area (Å²) >= 11 is 30.8. The van der Waals surface area contributed by atoms with Gasteiger partial charge in [-0.05, 0) is 86.0 Å². The third-order valence-corrected chi connectivity index (χ3v) is 7.58. The van der Waals surface area contributed by atoms with Gasteiger partial charge in [-0.2, -0.15) is 0 Å². The van der Waals surface area contributed by atoms with Crippen LogP contribution in [-0.4, -0.2) is 16.9 Å². The van der Waals surface area contributed by atoms with Crippen molar-refractivity contribution in [3.05, 3.63) is 95.3 Å². The molecule has 0 atom stereocenters. The van der Waals surface area contributed by atoms with Gasteiger partial charge in [0.05, 0.1) is 24.7 Å². The SMILES string of the molecule is O=C1NC(=S)N(c2cccc(Cl)c2Cl)C(=O)/C1=C/c1cc(Br)c(OCc2ccccc2Cl)c(Br)c1. The van der Waals surface area contributed by atoms with Crippen LogP contribution in [0.2, 0.25) is 15.1 Å². The van der Waals surface area contributed by atoms with Crippen molar-refractivity contribution in [1.82, 2.24) is 5.32 Å². The topological polar surface area (TPSA) is 58.6 Å². The van der Waals surface area contributed by atoms with Crippen molar-refractivity contribution in [3.8, 4) is 5.75 Å². The highest BCUT2D eigenvalue weighted by atomic mass is 79.9. The molecule has 0 bridgehead atoms. The number of hydrogen-bond acceptors (Lipinski definition) is 4. The van der Waals surface area contributed by atoms with Crippen LogP contribution in [0.4, 0.5) is 5.69 Å². The Morgan fingerprint density at radius 3 is 2.31 bits per heavy atom. The van der Waals surface area contributed by atoms with Crippen molar-refractivity contribution in [2.45, 2.75) is 6.61 Å². The molecular formula is C24H13Br2Cl3N2O3S. The van der Waals surface area contributed by atoms with E-state index >= 15 is 0 Å². The molecule has 3 aromatic rings. The highest BCUT2D eigenvalue weighted by Gasteiger charge is 2.35. The van der Waals surface area contributed by atoms with Gasteiger partial charge in [-0.3, -0.25) is 19.8 Å². The van der Waals surface area contributed by atoms with Gasteiger partial charge in [-0.15, -0.1) is 0 Å². The average molecular weight is 676 g/mol. The molecule has 0 aromatic heterocycles. The lowest BCUT2D eigenvalue weighted by atomic mass is 10.1. The Bertz CT molecular complexity index is 1390. The van der Waals surface area contributed by atoms with Crippen LogP contribution in [0.1, 0.15) is 11.1 Å². The molecule has 4 rings (SSSR count). The van der Waals surface area contributed by atoms with E-state index in [4.69, 9.17) is 51.8 Å². The molecule has 0 saturated carbocycles. The van der Waals surface area contributed by atoms with Gasteiger partial charge in [0, 0.05) is 10.6 Å². The second-order valence-corrected chi connectivity index (χ2v) is 10.5. The van der Waals surface area contributed by atoms with Crippen molar-refractivity contribution in [1.29, 1.82) is 0 Å². The molecule has 1 aliphatic heterocycles. The minimum absolute atomic E-state index is 0.0907. The summed E-state index contributed by atoms with van der Waals surface area (Å²) in [5.41, 5.74) is 1.54. The molecule has 1 heterocycles. The smallest absolute Gasteiger partial charge is 0.270 e. The van der Waals surface area contributed by atoms with E-state index in [0.717, 1.165) is 10.5 Å². The van der Waals surface area contributed by atoms with Gasteiger partial charge in [0.15, 0.2) is 5.11 Å². The number of nitrogens with zero attached hydrogens (tertiary/aromatic N) is 1. The second kappa shape index (κ2) is 11.0. The zero-order valence-electron chi connectivity index (χ0n) is 17.5. The van der Waals surface area contributed by atoms with Gasteiger partial charge in [0.2, 0.25) is 0 Å². The van der Waals surface area contributed by atoms with Crippen LogP contribution in [0, 0.1) is 0 Å². The molecule has 11 heteroatoms. The number of carbonyl (C=O) groups excluding carboxylic acids is 2. The van der Waals surface area contributed by atoms with Crippen molar-refractivity contribution >= 4 is 108 Å². The van der Waals surface area contributed by atoms with Crippen LogP contribution in [-0.2, 0) is 16.2 Å². The summed E-state index contributed by atoms with van der Waals surface area (Å²) in [7, 11) is 0. The van der Waals surface area contributed by atoms with E-state index in [-0.39, 0.29) is 33.0 Å². The normalized spacial score (nSPS) is 14.9. The molecule has 35 heavy (non-hydrogen) atoms. The van der Waals surface area contributed by atoms with E-state index < -0.39 is 11.8 Å². The molecular weight excluding hydrogens is 663 g/mol. The number of ether oxygens (including phenoxy) is 1. The van der Waals surface area contributed by atoms with Crippen LogP contribution in [0.25, 0.3) is 6.08 Å². The highest BCUT2D eigenvalue weighted by molar-refractivity contribution is 9.11. The highest BCUT2D eigenvalue weighted by Crippen LogP contribution is 2.37. The summed E-state index contributed by atoms with van der Waals surface area (Å²) in [4.78, 5) is 27.1. The Balaban J connectivity index is 1.64. The summed E-state index contributed by atoms with van der Waals surface area (Å²) in [5.74, 6) is -0.713. The lowest BCUT2D eigenvalue weighted by Gasteiger charge is -2.29. The fourth-order valence-corrected chi connectivity index (χ4v) is 5.57. The first-order chi connectivity index (χ1) is 16.7. The number of thiocarbonyl (C=S) groups is 1. The van der Waals surface area contributed by atoms with Gasteiger partial charge in [0.25, 0.3) is 11.8 Å². The van der Waals surface area contributed by atoms with Gasteiger partial charge >= 0.3 is 0 Å². The average Bonchev–Trinajstić information content (AvgIpc) is 2.80. The maximum Gasteiger partial charge on any atom is 0.270 e. The van der Waals surface area contributed by atoms with E-state index in [1.165, 1.54) is 6.08 Å². The largest absolute Gasteiger partial charge is 0.486 e. The van der Waals surface area contributed by atoms with Crippen LogP contribution < -0.4 is 15.0 Å². The number of hydrogen-bond donors (Lipinski definition) is 1. The molecule has 0 unspecified atom stereocenters. The molecule has 1 aliphatic rings. The van der Waals surface area contributed by atoms with Gasteiger partial charge in [0.1, 0.15) is 17.9 Å². The van der Waals surface area contributed by atoms with Crippen molar-refractivity contribution in [3.63, 3.8) is 0 Å². The lowest BCUT2D eigenvalue weighted by molar-refractivity contribution is -0.122. The molecule has 2 amide bonds. The summed E-state index contributed by atoms with van der Waals surface area (Å²) in [6.07, 6.45) is 1.46. The molecule has 178 valence electrons. The van der Waals surface area contributed by atoms with E-state index in [2.05, 4.69) is 37.2 Å². The minimum Gasteiger partial charge on any atom is -0.486 e. The predicted molar refractivity (Wildman–Crippen MR) is 150 cm³/mol. The van der Waals surface area contributed by atoms with Crippen LogP contribution in [0.15, 0.2) is 69.1 Å². The van der Waals surface area contributed by atoms with E-state index in [0.29, 0.717) is 25.3 Å². The number of benzene rings is 3. The van der Waals surface area contributed by atoms with E-state index in [1.54, 1.807) is 36.4 Å². The summed E-state index contributed by atoms with van der Waals surface area (Å²) in [6.45, 7) is 0.255. The number of carbonyl (C=O) groups is 2. The molecule has 0 spiro atoms. The first-order valence-corrected chi connectivity index (χ1v) is 13.0. The fraction of sp³-hybridized carbons (Fsp3) is 0.0417. The molecule has 0 aliphatic carbocycles. The maximum absolute atomic E-state index is 13.3. The summed E-state index contributed by atoms with van der Waals surface area (Å²) in [5, 5.41) is 3.43. The van der Waals surface area contributed by atoms with Crippen molar-refractivity contribution in [2.24, 2.45) is 0 Å². The zero-order valence-corrected chi connectivity index (χ0v) is 23.7. The predicted octanol–water partition coefficient (Wildman–Crippen LogP) is 7.58. The van der Waals surface area contributed by atoms with Gasteiger partial charge in [-0.1, -0.05) is 59.1 Å². The van der Waals surface area contributed by atoms with Crippen LogP contribution in [0.5, 0.6) is 5.75 Å². The standard InChI is InChI=1S/C24H13Br2Cl3N2O3S/c25-15-9-12(10-16(26)21(15)34-11-13-4-1-2-5-17(13)27)8-14-22(32)30-24(35)31(23(14)33)19-7-3-6-18(28)20(19)29/h1-10H,11H2,(H,30,32,35)/b14-8+.